The van der Waals surface area contributed by atoms with Crippen LogP contribution in [0.5, 0.6) is 0 Å². The van der Waals surface area contributed by atoms with Crippen LogP contribution >= 0.6 is 11.6 Å². The highest BCUT2D eigenvalue weighted by atomic mass is 35.5. The third-order valence-corrected chi connectivity index (χ3v) is 2.95. The van der Waals surface area contributed by atoms with Gasteiger partial charge in [-0.2, -0.15) is 4.98 Å². The van der Waals surface area contributed by atoms with Gasteiger partial charge in [0, 0.05) is 6.04 Å². The number of anilines is 1. The Kier molecular flexibility index (Phi) is 5.27. The van der Waals surface area contributed by atoms with Crippen LogP contribution in [-0.2, 0) is 0 Å². The average molecular weight is 273 g/mol. The summed E-state index contributed by atoms with van der Waals surface area (Å²) >= 11 is 5.65. The minimum Gasteiger partial charge on any atom is -0.362 e. The van der Waals surface area contributed by atoms with Crippen LogP contribution in [0.2, 0.25) is 5.28 Å². The van der Waals surface area contributed by atoms with Crippen molar-refractivity contribution < 1.29 is 4.92 Å². The number of hydrogen-bond donors (Lipinski definition) is 1. The summed E-state index contributed by atoms with van der Waals surface area (Å²) < 4.78 is 0. The number of hydrogen-bond acceptors (Lipinski definition) is 5. The first-order valence-corrected chi connectivity index (χ1v) is 6.25. The van der Waals surface area contributed by atoms with E-state index in [4.69, 9.17) is 11.6 Å². The molecule has 1 heterocycles. The molecule has 0 aliphatic heterocycles. The molecule has 100 valence electrons. The Morgan fingerprint density at radius 2 is 2.22 bits per heavy atom. The van der Waals surface area contributed by atoms with Crippen molar-refractivity contribution in [1.82, 2.24) is 9.97 Å². The van der Waals surface area contributed by atoms with Gasteiger partial charge in [0.05, 0.1) is 4.92 Å². The van der Waals surface area contributed by atoms with Gasteiger partial charge in [0.15, 0.2) is 0 Å². The molecule has 0 saturated carbocycles. The first-order valence-electron chi connectivity index (χ1n) is 5.87. The van der Waals surface area contributed by atoms with E-state index < -0.39 is 4.92 Å². The van der Waals surface area contributed by atoms with E-state index in [2.05, 4.69) is 29.1 Å². The summed E-state index contributed by atoms with van der Waals surface area (Å²) in [5.41, 5.74) is -0.157. The second-order valence-electron chi connectivity index (χ2n) is 4.42. The summed E-state index contributed by atoms with van der Waals surface area (Å²) in [4.78, 5) is 17.8. The van der Waals surface area contributed by atoms with Crippen molar-refractivity contribution in [2.45, 2.75) is 39.7 Å². The van der Waals surface area contributed by atoms with Gasteiger partial charge in [-0.1, -0.05) is 20.3 Å². The highest BCUT2D eigenvalue weighted by Crippen LogP contribution is 2.24. The topological polar surface area (TPSA) is 81.0 Å². The zero-order chi connectivity index (χ0) is 13.7. The van der Waals surface area contributed by atoms with Gasteiger partial charge in [0.25, 0.3) is 0 Å². The van der Waals surface area contributed by atoms with Crippen molar-refractivity contribution in [3.63, 3.8) is 0 Å². The molecule has 1 aromatic rings. The van der Waals surface area contributed by atoms with Crippen molar-refractivity contribution in [2.24, 2.45) is 5.92 Å². The maximum Gasteiger partial charge on any atom is 0.329 e. The van der Waals surface area contributed by atoms with E-state index in [0.29, 0.717) is 5.92 Å². The number of halogens is 1. The second kappa shape index (κ2) is 6.49. The quantitative estimate of drug-likeness (QED) is 0.488. The molecule has 0 aromatic carbocycles. The smallest absolute Gasteiger partial charge is 0.329 e. The number of nitro groups is 1. The zero-order valence-corrected chi connectivity index (χ0v) is 11.4. The van der Waals surface area contributed by atoms with E-state index in [-0.39, 0.29) is 22.8 Å². The molecule has 6 nitrogen and oxygen atoms in total. The predicted molar refractivity (Wildman–Crippen MR) is 70.9 cm³/mol. The average Bonchev–Trinajstić information content (AvgIpc) is 2.28. The van der Waals surface area contributed by atoms with E-state index in [0.717, 1.165) is 19.0 Å². The lowest BCUT2D eigenvalue weighted by atomic mass is 10.0. The molecule has 7 heteroatoms. The molecule has 18 heavy (non-hydrogen) atoms. The summed E-state index contributed by atoms with van der Waals surface area (Å²) in [5, 5.41) is 13.9. The number of rotatable bonds is 6. The van der Waals surface area contributed by atoms with E-state index >= 15 is 0 Å². The summed E-state index contributed by atoms with van der Waals surface area (Å²) in [6.45, 7) is 6.22. The third-order valence-electron chi connectivity index (χ3n) is 2.77. The van der Waals surface area contributed by atoms with Gasteiger partial charge in [0.1, 0.15) is 6.20 Å². The standard InChI is InChI=1S/C11H17ClN4O2/c1-4-7(2)5-8(3)14-10-9(16(17)18)6-13-11(12)15-10/h6-8H,4-5H2,1-3H3,(H,13,14,15). The van der Waals surface area contributed by atoms with Gasteiger partial charge < -0.3 is 5.32 Å². The van der Waals surface area contributed by atoms with Crippen molar-refractivity contribution in [3.8, 4) is 0 Å². The number of nitrogens with one attached hydrogen (secondary N) is 1. The Bertz CT molecular complexity index is 428. The van der Waals surface area contributed by atoms with Crippen molar-refractivity contribution >= 4 is 23.1 Å². The monoisotopic (exact) mass is 272 g/mol. The van der Waals surface area contributed by atoms with Crippen LogP contribution in [0.15, 0.2) is 6.20 Å². The maximum absolute atomic E-state index is 10.8. The Labute approximate surface area is 111 Å². The fraction of sp³-hybridized carbons (Fsp3) is 0.636. The van der Waals surface area contributed by atoms with E-state index in [1.54, 1.807) is 0 Å². The minimum absolute atomic E-state index is 0.00107. The Balaban J connectivity index is 2.82. The van der Waals surface area contributed by atoms with Crippen LogP contribution in [0.3, 0.4) is 0 Å². The lowest BCUT2D eigenvalue weighted by molar-refractivity contribution is -0.384. The molecule has 0 aliphatic rings. The molecule has 2 atom stereocenters. The predicted octanol–water partition coefficient (Wildman–Crippen LogP) is 3.27. The Morgan fingerprint density at radius 1 is 1.56 bits per heavy atom. The first kappa shape index (κ1) is 14.6. The third kappa shape index (κ3) is 4.10. The van der Waals surface area contributed by atoms with Crippen LogP contribution in [0, 0.1) is 16.0 Å². The molecule has 0 amide bonds. The zero-order valence-electron chi connectivity index (χ0n) is 10.7. The highest BCUT2D eigenvalue weighted by Gasteiger charge is 2.19. The fourth-order valence-corrected chi connectivity index (χ4v) is 1.79. The van der Waals surface area contributed by atoms with Crippen molar-refractivity contribution in [2.75, 3.05) is 5.32 Å². The molecule has 1 N–H and O–H groups in total. The van der Waals surface area contributed by atoms with Crippen LogP contribution in [0.4, 0.5) is 11.5 Å². The highest BCUT2D eigenvalue weighted by molar-refractivity contribution is 6.28. The van der Waals surface area contributed by atoms with Gasteiger partial charge in [-0.05, 0) is 30.9 Å². The first-order chi connectivity index (χ1) is 8.43. The van der Waals surface area contributed by atoms with Gasteiger partial charge >= 0.3 is 5.69 Å². The summed E-state index contributed by atoms with van der Waals surface area (Å²) in [7, 11) is 0. The molecule has 2 unspecified atom stereocenters. The molecule has 0 aliphatic carbocycles. The molecule has 0 saturated heterocycles. The maximum atomic E-state index is 10.8. The van der Waals surface area contributed by atoms with E-state index in [1.807, 2.05) is 6.92 Å². The number of aromatic nitrogens is 2. The van der Waals surface area contributed by atoms with Gasteiger partial charge in [-0.15, -0.1) is 0 Å². The SMILES string of the molecule is CCC(C)CC(C)Nc1nc(Cl)ncc1[N+](=O)[O-]. The molecule has 0 bridgehead atoms. The van der Waals surface area contributed by atoms with Crippen LogP contribution in [0.25, 0.3) is 0 Å². The molecule has 0 fully saturated rings. The van der Waals surface area contributed by atoms with Crippen LogP contribution in [0.1, 0.15) is 33.6 Å². The van der Waals surface area contributed by atoms with E-state index in [9.17, 15) is 10.1 Å². The molecule has 1 aromatic heterocycles. The van der Waals surface area contributed by atoms with E-state index in [1.165, 1.54) is 0 Å². The van der Waals surface area contributed by atoms with Gasteiger partial charge in [-0.3, -0.25) is 10.1 Å². The van der Waals surface area contributed by atoms with Gasteiger partial charge in [-0.25, -0.2) is 4.98 Å². The largest absolute Gasteiger partial charge is 0.362 e. The fourth-order valence-electron chi connectivity index (χ4n) is 1.66. The minimum atomic E-state index is -0.519. The molecule has 0 spiro atoms. The molecule has 1 rings (SSSR count). The molecular weight excluding hydrogens is 256 g/mol. The normalized spacial score (nSPS) is 14.0. The van der Waals surface area contributed by atoms with Crippen molar-refractivity contribution in [1.29, 1.82) is 0 Å². The Morgan fingerprint density at radius 3 is 2.78 bits per heavy atom. The lowest BCUT2D eigenvalue weighted by Gasteiger charge is -2.17. The summed E-state index contributed by atoms with van der Waals surface area (Å²) in [6, 6.07) is 0.0876. The van der Waals surface area contributed by atoms with Gasteiger partial charge in [0.2, 0.25) is 11.1 Å². The second-order valence-corrected chi connectivity index (χ2v) is 4.76. The number of nitrogens with zero attached hydrogens (tertiary/aromatic N) is 3. The lowest BCUT2D eigenvalue weighted by Crippen LogP contribution is -2.20. The summed E-state index contributed by atoms with van der Waals surface area (Å²) in [5.74, 6) is 0.722. The summed E-state index contributed by atoms with van der Waals surface area (Å²) in [6.07, 6.45) is 3.10. The van der Waals surface area contributed by atoms with Crippen molar-refractivity contribution in [3.05, 3.63) is 21.6 Å². The Hall–Kier alpha value is -1.43. The van der Waals surface area contributed by atoms with Crippen LogP contribution < -0.4 is 5.32 Å². The molecular formula is C11H17ClN4O2. The van der Waals surface area contributed by atoms with Crippen LogP contribution in [-0.4, -0.2) is 20.9 Å². The molecule has 0 radical (unpaired) electrons.